The number of ether oxygens (including phenoxy) is 2. The Labute approximate surface area is 171 Å². The molecule has 0 aromatic heterocycles. The number of carbonyl (C=O) groups is 1. The number of methoxy groups -OCH3 is 2. The Hall–Kier alpha value is -3.11. The first-order valence-corrected chi connectivity index (χ1v) is 9.60. The van der Waals surface area contributed by atoms with Gasteiger partial charge >= 0.3 is 0 Å². The highest BCUT2D eigenvalue weighted by Crippen LogP contribution is 2.39. The van der Waals surface area contributed by atoms with Crippen molar-refractivity contribution in [2.75, 3.05) is 14.2 Å². The van der Waals surface area contributed by atoms with Crippen molar-refractivity contribution in [1.29, 1.82) is 0 Å². The van der Waals surface area contributed by atoms with E-state index >= 15 is 0 Å². The predicted octanol–water partition coefficient (Wildman–Crippen LogP) is 5.04. The summed E-state index contributed by atoms with van der Waals surface area (Å²) in [4.78, 5) is 13.2. The molecular weight excluding hydrogens is 364 g/mol. The summed E-state index contributed by atoms with van der Waals surface area (Å²) >= 11 is 0. The Kier molecular flexibility index (Phi) is 6.68. The van der Waals surface area contributed by atoms with Gasteiger partial charge in [0.05, 0.1) is 20.3 Å². The number of ketones is 1. The summed E-state index contributed by atoms with van der Waals surface area (Å²) in [6, 6.07) is 24.0. The number of carbonyl (C=O) groups excluding carboxylic acids is 1. The van der Waals surface area contributed by atoms with Crippen LogP contribution >= 0.6 is 0 Å². The fourth-order valence-corrected chi connectivity index (χ4v) is 3.61. The van der Waals surface area contributed by atoms with E-state index in [1.54, 1.807) is 38.5 Å². The molecule has 0 saturated carbocycles. The Morgan fingerprint density at radius 1 is 0.759 bits per heavy atom. The Bertz CT molecular complexity index is 917. The van der Waals surface area contributed by atoms with Crippen LogP contribution in [0.4, 0.5) is 0 Å². The maximum Gasteiger partial charge on any atom is 0.166 e. The molecule has 1 N–H and O–H groups in total. The lowest BCUT2D eigenvalue weighted by molar-refractivity contribution is 0.0782. The minimum Gasteiger partial charge on any atom is -0.497 e. The lowest BCUT2D eigenvalue weighted by Gasteiger charge is -2.29. The molecule has 3 aromatic rings. The summed E-state index contributed by atoms with van der Waals surface area (Å²) in [6.07, 6.45) is -0.818. The van der Waals surface area contributed by atoms with E-state index in [0.29, 0.717) is 11.3 Å². The molecule has 0 fully saturated rings. The fourth-order valence-electron chi connectivity index (χ4n) is 3.61. The molecule has 0 radical (unpaired) electrons. The largest absolute Gasteiger partial charge is 0.497 e. The van der Waals surface area contributed by atoms with Crippen LogP contribution in [0.25, 0.3) is 0 Å². The van der Waals surface area contributed by atoms with Crippen molar-refractivity contribution in [2.45, 2.75) is 18.9 Å². The predicted molar refractivity (Wildman–Crippen MR) is 114 cm³/mol. The molecule has 3 aromatic carbocycles. The monoisotopic (exact) mass is 390 g/mol. The van der Waals surface area contributed by atoms with Gasteiger partial charge in [-0.15, -0.1) is 0 Å². The van der Waals surface area contributed by atoms with Crippen molar-refractivity contribution >= 4 is 5.78 Å². The first-order valence-electron chi connectivity index (χ1n) is 9.60. The molecule has 150 valence electrons. The second-order valence-electron chi connectivity index (χ2n) is 7.04. The lowest BCUT2D eigenvalue weighted by atomic mass is 9.77. The molecule has 0 spiro atoms. The van der Waals surface area contributed by atoms with E-state index in [2.05, 4.69) is 0 Å². The minimum atomic E-state index is -0.818. The van der Waals surface area contributed by atoms with Gasteiger partial charge in [0.2, 0.25) is 0 Å². The van der Waals surface area contributed by atoms with Crippen molar-refractivity contribution in [2.24, 2.45) is 5.92 Å². The van der Waals surface area contributed by atoms with Gasteiger partial charge in [-0.3, -0.25) is 4.79 Å². The molecule has 0 aliphatic carbocycles. The zero-order valence-corrected chi connectivity index (χ0v) is 16.9. The number of aliphatic hydroxyl groups excluding tert-OH is 1. The van der Waals surface area contributed by atoms with Crippen LogP contribution in [-0.2, 0) is 0 Å². The van der Waals surface area contributed by atoms with Crippen LogP contribution in [0.3, 0.4) is 0 Å². The average Bonchev–Trinajstić information content (AvgIpc) is 2.79. The number of Topliss-reactive ketones (excluding diaryl/α,β-unsaturated/α-hetero) is 1. The highest BCUT2D eigenvalue weighted by Gasteiger charge is 2.33. The van der Waals surface area contributed by atoms with Crippen LogP contribution in [0.1, 0.15) is 40.4 Å². The Morgan fingerprint density at radius 3 is 1.79 bits per heavy atom. The third-order valence-electron chi connectivity index (χ3n) is 5.31. The van der Waals surface area contributed by atoms with Crippen molar-refractivity contribution < 1.29 is 19.4 Å². The van der Waals surface area contributed by atoms with E-state index in [9.17, 15) is 9.90 Å². The number of aliphatic hydroxyl groups is 1. The molecule has 0 heterocycles. The van der Waals surface area contributed by atoms with Gasteiger partial charge in [-0.25, -0.2) is 0 Å². The van der Waals surface area contributed by atoms with Gasteiger partial charge in [-0.05, 0) is 47.5 Å². The Balaban J connectivity index is 1.97. The lowest BCUT2D eigenvalue weighted by Crippen LogP contribution is -2.25. The highest BCUT2D eigenvalue weighted by molar-refractivity contribution is 5.98. The maximum absolute atomic E-state index is 13.2. The summed E-state index contributed by atoms with van der Waals surface area (Å²) in [5, 5.41) is 11.2. The molecule has 0 amide bonds. The standard InChI is InChI=1S/C25H26O4/c1-17(24(26)20-11-15-22(29-3)16-12-20)23(18-9-13-21(28-2)14-10-18)25(27)19-7-5-4-6-8-19/h4-17,23,25,27H,1-3H3. The zero-order valence-electron chi connectivity index (χ0n) is 16.9. The second kappa shape index (κ2) is 9.39. The molecular formula is C25H26O4. The van der Waals surface area contributed by atoms with Crippen LogP contribution in [0, 0.1) is 5.92 Å². The van der Waals surface area contributed by atoms with Gasteiger partial charge < -0.3 is 14.6 Å². The summed E-state index contributed by atoms with van der Waals surface area (Å²) < 4.78 is 10.4. The van der Waals surface area contributed by atoms with Crippen molar-refractivity contribution in [1.82, 2.24) is 0 Å². The number of hydrogen-bond acceptors (Lipinski definition) is 4. The molecule has 4 heteroatoms. The molecule has 29 heavy (non-hydrogen) atoms. The molecule has 0 bridgehead atoms. The Morgan fingerprint density at radius 2 is 1.28 bits per heavy atom. The molecule has 0 aliphatic rings. The summed E-state index contributed by atoms with van der Waals surface area (Å²) in [7, 11) is 3.20. The van der Waals surface area contributed by atoms with Crippen LogP contribution in [0.15, 0.2) is 78.9 Å². The molecule has 3 rings (SSSR count). The van der Waals surface area contributed by atoms with E-state index in [1.165, 1.54) is 0 Å². The average molecular weight is 390 g/mol. The maximum atomic E-state index is 13.2. The summed E-state index contributed by atoms with van der Waals surface area (Å²) in [5.41, 5.74) is 2.26. The summed E-state index contributed by atoms with van der Waals surface area (Å²) in [6.45, 7) is 1.87. The highest BCUT2D eigenvalue weighted by atomic mass is 16.5. The van der Waals surface area contributed by atoms with E-state index < -0.39 is 17.9 Å². The van der Waals surface area contributed by atoms with E-state index in [1.807, 2.05) is 61.5 Å². The minimum absolute atomic E-state index is 0.0246. The van der Waals surface area contributed by atoms with Gasteiger partial charge in [0, 0.05) is 17.4 Å². The molecule has 0 saturated heterocycles. The summed E-state index contributed by atoms with van der Waals surface area (Å²) in [5.74, 6) is 0.564. The van der Waals surface area contributed by atoms with Gasteiger partial charge in [0.1, 0.15) is 11.5 Å². The smallest absolute Gasteiger partial charge is 0.166 e. The van der Waals surface area contributed by atoms with Crippen LogP contribution in [0.2, 0.25) is 0 Å². The van der Waals surface area contributed by atoms with E-state index in [0.717, 1.165) is 16.9 Å². The third kappa shape index (κ3) is 4.66. The second-order valence-corrected chi connectivity index (χ2v) is 7.04. The fraction of sp³-hybridized carbons (Fsp3) is 0.240. The van der Waals surface area contributed by atoms with E-state index in [4.69, 9.17) is 9.47 Å². The van der Waals surface area contributed by atoms with Crippen molar-refractivity contribution in [3.63, 3.8) is 0 Å². The SMILES string of the molecule is COc1ccc(C(=O)C(C)C(c2ccc(OC)cc2)C(O)c2ccccc2)cc1. The number of benzene rings is 3. The van der Waals surface area contributed by atoms with Crippen molar-refractivity contribution in [3.8, 4) is 11.5 Å². The van der Waals surface area contributed by atoms with Gasteiger partial charge in [-0.2, -0.15) is 0 Å². The molecule has 0 aliphatic heterocycles. The number of rotatable bonds is 8. The van der Waals surface area contributed by atoms with Crippen LogP contribution in [0.5, 0.6) is 11.5 Å². The van der Waals surface area contributed by atoms with Crippen molar-refractivity contribution in [3.05, 3.63) is 95.6 Å². The normalized spacial score (nSPS) is 13.9. The van der Waals surface area contributed by atoms with Gasteiger partial charge in [0.15, 0.2) is 5.78 Å². The molecule has 4 nitrogen and oxygen atoms in total. The van der Waals surface area contributed by atoms with Crippen LogP contribution < -0.4 is 9.47 Å². The number of hydrogen-bond donors (Lipinski definition) is 1. The first-order chi connectivity index (χ1) is 14.0. The van der Waals surface area contributed by atoms with E-state index in [-0.39, 0.29) is 5.78 Å². The van der Waals surface area contributed by atoms with Gasteiger partial charge in [-0.1, -0.05) is 49.4 Å². The first kappa shape index (κ1) is 20.6. The van der Waals surface area contributed by atoms with Crippen LogP contribution in [-0.4, -0.2) is 25.1 Å². The zero-order chi connectivity index (χ0) is 20.8. The third-order valence-corrected chi connectivity index (χ3v) is 5.31. The molecule has 3 atom stereocenters. The topological polar surface area (TPSA) is 55.8 Å². The van der Waals surface area contributed by atoms with Gasteiger partial charge in [0.25, 0.3) is 0 Å². The quantitative estimate of drug-likeness (QED) is 0.548. The molecule has 3 unspecified atom stereocenters.